The zero-order valence-corrected chi connectivity index (χ0v) is 13.2. The summed E-state index contributed by atoms with van der Waals surface area (Å²) in [7, 11) is -3.94. The van der Waals surface area contributed by atoms with E-state index in [-0.39, 0.29) is 69.6 Å². The summed E-state index contributed by atoms with van der Waals surface area (Å²) >= 11 is 0. The van der Waals surface area contributed by atoms with Crippen LogP contribution < -0.4 is 29.6 Å². The molecule has 0 unspecified atom stereocenters. The topological polar surface area (TPSA) is 104 Å². The maximum atomic E-state index is 10.4. The van der Waals surface area contributed by atoms with Gasteiger partial charge in [0.05, 0.1) is 25.6 Å². The van der Waals surface area contributed by atoms with E-state index in [0.717, 1.165) is 0 Å². The Morgan fingerprint density at radius 3 is 2.18 bits per heavy atom. The van der Waals surface area contributed by atoms with Crippen molar-refractivity contribution in [1.29, 1.82) is 0 Å². The number of hydrogen-bond acceptors (Lipinski definition) is 5. The molecule has 0 atom stereocenters. The van der Waals surface area contributed by atoms with Gasteiger partial charge in [-0.25, -0.2) is 0 Å². The normalized spacial score (nSPS) is 12.2. The van der Waals surface area contributed by atoms with Crippen LogP contribution in [-0.2, 0) is 14.9 Å². The maximum absolute atomic E-state index is 10.4. The van der Waals surface area contributed by atoms with Gasteiger partial charge in [-0.05, 0) is 12.8 Å². The molecular formula is C9H21NaO6S. The summed E-state index contributed by atoms with van der Waals surface area (Å²) in [5, 5.41) is 18.2. The Morgan fingerprint density at radius 1 is 1.29 bits per heavy atom. The van der Waals surface area contributed by atoms with Crippen molar-refractivity contribution in [3.8, 4) is 0 Å². The van der Waals surface area contributed by atoms with Gasteiger partial charge in [0.15, 0.2) is 0 Å². The van der Waals surface area contributed by atoms with Crippen LogP contribution in [-0.4, -0.2) is 55.4 Å². The predicted molar refractivity (Wildman–Crippen MR) is 59.9 cm³/mol. The SMILES string of the molecule is CCC(CO)(CO)COCCCS(=O)(=O)O.[H-].[Na+]. The minimum absolute atomic E-state index is 0. The van der Waals surface area contributed by atoms with Gasteiger partial charge >= 0.3 is 29.6 Å². The molecule has 6 nitrogen and oxygen atoms in total. The summed E-state index contributed by atoms with van der Waals surface area (Å²) < 4.78 is 34.4. The van der Waals surface area contributed by atoms with E-state index in [9.17, 15) is 8.42 Å². The molecule has 0 aromatic carbocycles. The van der Waals surface area contributed by atoms with E-state index in [1.54, 1.807) is 0 Å². The van der Waals surface area contributed by atoms with Gasteiger partial charge < -0.3 is 16.4 Å². The van der Waals surface area contributed by atoms with Gasteiger partial charge in [0.25, 0.3) is 10.1 Å². The van der Waals surface area contributed by atoms with Crippen LogP contribution in [0.25, 0.3) is 0 Å². The molecule has 0 spiro atoms. The molecule has 0 radical (unpaired) electrons. The first-order chi connectivity index (χ1) is 7.39. The molecule has 8 heteroatoms. The number of aliphatic hydroxyl groups excluding tert-OH is 2. The summed E-state index contributed by atoms with van der Waals surface area (Å²) in [6.07, 6.45) is 0.758. The van der Waals surface area contributed by atoms with Crippen molar-refractivity contribution in [2.75, 3.05) is 32.2 Å². The fraction of sp³-hybridized carbons (Fsp3) is 1.00. The molecule has 17 heavy (non-hydrogen) atoms. The second-order valence-corrected chi connectivity index (χ2v) is 5.43. The Balaban J connectivity index is -0.00000112. The van der Waals surface area contributed by atoms with Gasteiger partial charge in [0.2, 0.25) is 0 Å². The quantitative estimate of drug-likeness (QED) is 0.233. The summed E-state index contributed by atoms with van der Waals surface area (Å²) in [6.45, 7) is 1.80. The average Bonchev–Trinajstić information content (AvgIpc) is 2.23. The van der Waals surface area contributed by atoms with E-state index < -0.39 is 15.5 Å². The molecule has 0 aromatic rings. The van der Waals surface area contributed by atoms with E-state index in [2.05, 4.69) is 0 Å². The molecule has 0 heterocycles. The number of rotatable bonds is 9. The van der Waals surface area contributed by atoms with Gasteiger partial charge in [-0.1, -0.05) is 6.92 Å². The number of ether oxygens (including phenoxy) is 1. The van der Waals surface area contributed by atoms with Crippen molar-refractivity contribution in [2.24, 2.45) is 5.41 Å². The number of aliphatic hydroxyl groups is 2. The van der Waals surface area contributed by atoms with E-state index in [1.807, 2.05) is 6.92 Å². The summed E-state index contributed by atoms with van der Waals surface area (Å²) in [4.78, 5) is 0. The predicted octanol–water partition coefficient (Wildman–Crippen LogP) is -3.22. The van der Waals surface area contributed by atoms with Crippen molar-refractivity contribution >= 4 is 10.1 Å². The molecular weight excluding hydrogens is 259 g/mol. The Kier molecular flexibility index (Phi) is 11.5. The van der Waals surface area contributed by atoms with Crippen molar-refractivity contribution in [3.05, 3.63) is 0 Å². The first kappa shape index (κ1) is 20.1. The first-order valence-corrected chi connectivity index (χ1v) is 6.74. The van der Waals surface area contributed by atoms with Crippen LogP contribution >= 0.6 is 0 Å². The molecule has 3 N–H and O–H groups in total. The first-order valence-electron chi connectivity index (χ1n) is 5.14. The molecule has 0 bridgehead atoms. The maximum Gasteiger partial charge on any atom is 1.00 e. The average molecular weight is 280 g/mol. The van der Waals surface area contributed by atoms with Gasteiger partial charge in [-0.3, -0.25) is 4.55 Å². The summed E-state index contributed by atoms with van der Waals surface area (Å²) in [6, 6.07) is 0. The Hall–Kier alpha value is 0.790. The summed E-state index contributed by atoms with van der Waals surface area (Å²) in [5.41, 5.74) is -0.669. The third kappa shape index (κ3) is 9.38. The van der Waals surface area contributed by atoms with Crippen LogP contribution in [0, 0.1) is 5.41 Å². The zero-order chi connectivity index (χ0) is 12.7. The van der Waals surface area contributed by atoms with Crippen molar-refractivity contribution in [1.82, 2.24) is 0 Å². The largest absolute Gasteiger partial charge is 1.00 e. The second kappa shape index (κ2) is 9.69. The van der Waals surface area contributed by atoms with Crippen LogP contribution in [0.4, 0.5) is 0 Å². The molecule has 0 saturated carbocycles. The van der Waals surface area contributed by atoms with Crippen LogP contribution in [0.2, 0.25) is 0 Å². The third-order valence-corrected chi connectivity index (χ3v) is 3.32. The third-order valence-electron chi connectivity index (χ3n) is 2.52. The fourth-order valence-corrected chi connectivity index (χ4v) is 1.58. The molecule has 0 aliphatic heterocycles. The van der Waals surface area contributed by atoms with Crippen molar-refractivity contribution in [3.63, 3.8) is 0 Å². The van der Waals surface area contributed by atoms with Crippen LogP contribution in [0.15, 0.2) is 0 Å². The van der Waals surface area contributed by atoms with Crippen molar-refractivity contribution in [2.45, 2.75) is 19.8 Å². The van der Waals surface area contributed by atoms with Crippen molar-refractivity contribution < 1.29 is 58.9 Å². The molecule has 0 amide bonds. The minimum atomic E-state index is -3.94. The Morgan fingerprint density at radius 2 is 1.82 bits per heavy atom. The van der Waals surface area contributed by atoms with E-state index in [0.29, 0.717) is 6.42 Å². The standard InChI is InChI=1S/C9H20O6S.Na.H/c1-2-9(6-10,7-11)8-15-4-3-5-16(12,13)14;;/h10-11H,2-8H2,1H3,(H,12,13,14);;/q;+1;-1. The molecule has 100 valence electrons. The van der Waals surface area contributed by atoms with Crippen LogP contribution in [0.1, 0.15) is 21.2 Å². The molecule has 0 aromatic heterocycles. The smallest absolute Gasteiger partial charge is 1.00 e. The van der Waals surface area contributed by atoms with Gasteiger partial charge in [-0.15, -0.1) is 0 Å². The Labute approximate surface area is 126 Å². The van der Waals surface area contributed by atoms with Crippen LogP contribution in [0.3, 0.4) is 0 Å². The van der Waals surface area contributed by atoms with Gasteiger partial charge in [0, 0.05) is 12.0 Å². The Bertz CT molecular complexity index is 273. The molecule has 0 rings (SSSR count). The minimum Gasteiger partial charge on any atom is -1.00 e. The van der Waals surface area contributed by atoms with Gasteiger partial charge in [-0.2, -0.15) is 8.42 Å². The molecule has 0 saturated heterocycles. The molecule has 0 fully saturated rings. The molecule has 0 aliphatic rings. The molecule has 0 aliphatic carbocycles. The van der Waals surface area contributed by atoms with E-state index >= 15 is 0 Å². The van der Waals surface area contributed by atoms with Gasteiger partial charge in [0.1, 0.15) is 0 Å². The van der Waals surface area contributed by atoms with E-state index in [4.69, 9.17) is 19.5 Å². The number of hydrogen-bond donors (Lipinski definition) is 3. The fourth-order valence-electron chi connectivity index (χ4n) is 1.10. The van der Waals surface area contributed by atoms with Crippen LogP contribution in [0.5, 0.6) is 0 Å². The zero-order valence-electron chi connectivity index (χ0n) is 11.4. The van der Waals surface area contributed by atoms with E-state index in [1.165, 1.54) is 0 Å². The second-order valence-electron chi connectivity index (χ2n) is 3.86. The summed E-state index contributed by atoms with van der Waals surface area (Å²) in [5.74, 6) is -0.343. The monoisotopic (exact) mass is 280 g/mol.